The zero-order chi connectivity index (χ0) is 14.5. The van der Waals surface area contributed by atoms with Crippen molar-refractivity contribution in [3.63, 3.8) is 0 Å². The topological polar surface area (TPSA) is 54.0 Å². The van der Waals surface area contributed by atoms with Gasteiger partial charge in [0, 0.05) is 6.54 Å². The third-order valence-corrected chi connectivity index (χ3v) is 2.37. The van der Waals surface area contributed by atoms with E-state index in [-0.39, 0.29) is 10.7 Å². The van der Waals surface area contributed by atoms with Gasteiger partial charge >= 0.3 is 6.18 Å². The van der Waals surface area contributed by atoms with Gasteiger partial charge in [-0.2, -0.15) is 13.2 Å². The first-order valence-electron chi connectivity index (χ1n) is 5.59. The maximum Gasteiger partial charge on any atom is 0.405 e. The van der Waals surface area contributed by atoms with Gasteiger partial charge in [-0.05, 0) is 18.6 Å². The molecule has 0 atom stereocenters. The van der Waals surface area contributed by atoms with Crippen molar-refractivity contribution in [2.75, 3.05) is 18.4 Å². The van der Waals surface area contributed by atoms with Crippen molar-refractivity contribution in [3.8, 4) is 0 Å². The summed E-state index contributed by atoms with van der Waals surface area (Å²) in [4.78, 5) is 15.4. The standard InChI is InChI=1S/C11H13ClF3N3O/c1-2-5-16-8-4-3-7(12)9(18-8)10(19)17-6-11(13,14)15/h3-4H,2,5-6H2,1H3,(H,16,18)(H,17,19). The Bertz CT molecular complexity index is 451. The number of nitrogens with zero attached hydrogens (tertiary/aromatic N) is 1. The molecule has 0 fully saturated rings. The molecule has 0 unspecified atom stereocenters. The molecule has 0 aliphatic rings. The second-order valence-corrected chi connectivity index (χ2v) is 4.16. The first kappa shape index (κ1) is 15.6. The van der Waals surface area contributed by atoms with E-state index in [4.69, 9.17) is 11.6 Å². The van der Waals surface area contributed by atoms with E-state index < -0.39 is 18.6 Å². The van der Waals surface area contributed by atoms with Crippen LogP contribution < -0.4 is 10.6 Å². The molecule has 106 valence electrons. The van der Waals surface area contributed by atoms with Gasteiger partial charge in [0.25, 0.3) is 5.91 Å². The van der Waals surface area contributed by atoms with Crippen LogP contribution in [-0.4, -0.2) is 30.2 Å². The van der Waals surface area contributed by atoms with Crippen molar-refractivity contribution >= 4 is 23.3 Å². The Kier molecular flexibility index (Phi) is 5.41. The van der Waals surface area contributed by atoms with E-state index in [0.717, 1.165) is 6.42 Å². The number of halogens is 4. The number of nitrogens with one attached hydrogen (secondary N) is 2. The van der Waals surface area contributed by atoms with Gasteiger partial charge < -0.3 is 10.6 Å². The molecule has 4 nitrogen and oxygen atoms in total. The van der Waals surface area contributed by atoms with Crippen LogP contribution in [0, 0.1) is 0 Å². The van der Waals surface area contributed by atoms with Gasteiger partial charge in [-0.15, -0.1) is 0 Å². The zero-order valence-corrected chi connectivity index (χ0v) is 10.9. The number of amides is 1. The second kappa shape index (κ2) is 6.60. The quantitative estimate of drug-likeness (QED) is 0.878. The summed E-state index contributed by atoms with van der Waals surface area (Å²) in [6.45, 7) is 1.16. The SMILES string of the molecule is CCCNc1ccc(Cl)c(C(=O)NCC(F)(F)F)n1. The van der Waals surface area contributed by atoms with Crippen LogP contribution >= 0.6 is 11.6 Å². The average Bonchev–Trinajstić information content (AvgIpc) is 2.34. The average molecular weight is 296 g/mol. The van der Waals surface area contributed by atoms with Crippen LogP contribution in [-0.2, 0) is 0 Å². The molecule has 1 aromatic rings. The summed E-state index contributed by atoms with van der Waals surface area (Å²) in [5.41, 5.74) is -0.230. The minimum Gasteiger partial charge on any atom is -0.370 e. The van der Waals surface area contributed by atoms with Crippen LogP contribution in [0.15, 0.2) is 12.1 Å². The first-order chi connectivity index (χ1) is 8.83. The van der Waals surface area contributed by atoms with Gasteiger partial charge in [0.15, 0.2) is 0 Å². The molecule has 0 bridgehead atoms. The Morgan fingerprint density at radius 1 is 1.42 bits per heavy atom. The zero-order valence-electron chi connectivity index (χ0n) is 10.1. The molecule has 1 heterocycles. The Labute approximate surface area is 113 Å². The molecule has 0 radical (unpaired) electrons. The Hall–Kier alpha value is -1.50. The van der Waals surface area contributed by atoms with Crippen molar-refractivity contribution in [2.45, 2.75) is 19.5 Å². The number of pyridine rings is 1. The summed E-state index contributed by atoms with van der Waals surface area (Å²) in [6.07, 6.45) is -3.62. The monoisotopic (exact) mass is 295 g/mol. The lowest BCUT2D eigenvalue weighted by atomic mass is 10.3. The summed E-state index contributed by atoms with van der Waals surface area (Å²) in [7, 11) is 0. The van der Waals surface area contributed by atoms with Gasteiger partial charge in [-0.3, -0.25) is 4.79 Å². The lowest BCUT2D eigenvalue weighted by Crippen LogP contribution is -2.34. The maximum absolute atomic E-state index is 12.0. The third kappa shape index (κ3) is 5.34. The molecule has 0 saturated carbocycles. The fourth-order valence-electron chi connectivity index (χ4n) is 1.22. The largest absolute Gasteiger partial charge is 0.405 e. The highest BCUT2D eigenvalue weighted by molar-refractivity contribution is 6.33. The number of hydrogen-bond donors (Lipinski definition) is 2. The van der Waals surface area contributed by atoms with E-state index in [9.17, 15) is 18.0 Å². The molecular formula is C11H13ClF3N3O. The molecular weight excluding hydrogens is 283 g/mol. The van der Waals surface area contributed by atoms with Crippen molar-refractivity contribution in [1.29, 1.82) is 0 Å². The van der Waals surface area contributed by atoms with E-state index in [1.165, 1.54) is 6.07 Å². The van der Waals surface area contributed by atoms with Crippen LogP contribution in [0.5, 0.6) is 0 Å². The summed E-state index contributed by atoms with van der Waals surface area (Å²) >= 11 is 5.74. The maximum atomic E-state index is 12.0. The van der Waals surface area contributed by atoms with E-state index in [1.807, 2.05) is 6.92 Å². The summed E-state index contributed by atoms with van der Waals surface area (Å²) in [5, 5.41) is 4.64. The minimum absolute atomic E-state index is 0.00160. The number of rotatable bonds is 5. The predicted octanol–water partition coefficient (Wildman–Crippen LogP) is 2.85. The molecule has 1 rings (SSSR count). The van der Waals surface area contributed by atoms with Crippen molar-refractivity contribution in [1.82, 2.24) is 10.3 Å². The highest BCUT2D eigenvalue weighted by Gasteiger charge is 2.28. The molecule has 8 heteroatoms. The van der Waals surface area contributed by atoms with Crippen LogP contribution in [0.4, 0.5) is 19.0 Å². The Morgan fingerprint density at radius 2 is 2.11 bits per heavy atom. The highest BCUT2D eigenvalue weighted by atomic mass is 35.5. The van der Waals surface area contributed by atoms with Gasteiger partial charge in [0.05, 0.1) is 5.02 Å². The number of alkyl halides is 3. The van der Waals surface area contributed by atoms with E-state index >= 15 is 0 Å². The Morgan fingerprint density at radius 3 is 2.68 bits per heavy atom. The number of carbonyl (C=O) groups is 1. The third-order valence-electron chi connectivity index (χ3n) is 2.07. The molecule has 0 saturated heterocycles. The lowest BCUT2D eigenvalue weighted by Gasteiger charge is -2.10. The van der Waals surface area contributed by atoms with E-state index in [0.29, 0.717) is 12.4 Å². The summed E-state index contributed by atoms with van der Waals surface area (Å²) < 4.78 is 36.0. The van der Waals surface area contributed by atoms with E-state index in [2.05, 4.69) is 10.3 Å². The number of aromatic nitrogens is 1. The molecule has 0 aromatic carbocycles. The molecule has 0 aliphatic heterocycles. The molecule has 19 heavy (non-hydrogen) atoms. The van der Waals surface area contributed by atoms with Crippen LogP contribution in [0.3, 0.4) is 0 Å². The molecule has 0 spiro atoms. The van der Waals surface area contributed by atoms with Gasteiger partial charge in [0.1, 0.15) is 18.1 Å². The number of hydrogen-bond acceptors (Lipinski definition) is 3. The fourth-order valence-corrected chi connectivity index (χ4v) is 1.41. The fraction of sp³-hybridized carbons (Fsp3) is 0.455. The van der Waals surface area contributed by atoms with Crippen molar-refractivity contribution in [3.05, 3.63) is 22.8 Å². The molecule has 1 amide bonds. The van der Waals surface area contributed by atoms with E-state index in [1.54, 1.807) is 11.4 Å². The first-order valence-corrected chi connectivity index (χ1v) is 5.96. The minimum atomic E-state index is -4.47. The van der Waals surface area contributed by atoms with Crippen molar-refractivity contribution in [2.24, 2.45) is 0 Å². The number of carbonyl (C=O) groups excluding carboxylic acids is 1. The summed E-state index contributed by atoms with van der Waals surface area (Å²) in [6, 6.07) is 2.97. The van der Waals surface area contributed by atoms with Crippen LogP contribution in [0.1, 0.15) is 23.8 Å². The smallest absolute Gasteiger partial charge is 0.370 e. The molecule has 0 aliphatic carbocycles. The lowest BCUT2D eigenvalue weighted by molar-refractivity contribution is -0.123. The van der Waals surface area contributed by atoms with Crippen LogP contribution in [0.25, 0.3) is 0 Å². The Balaban J connectivity index is 2.77. The molecule has 1 aromatic heterocycles. The van der Waals surface area contributed by atoms with Crippen molar-refractivity contribution < 1.29 is 18.0 Å². The normalized spacial score (nSPS) is 11.2. The number of anilines is 1. The van der Waals surface area contributed by atoms with Gasteiger partial charge in [-0.1, -0.05) is 18.5 Å². The predicted molar refractivity (Wildman–Crippen MR) is 66.4 cm³/mol. The van der Waals surface area contributed by atoms with Gasteiger partial charge in [-0.25, -0.2) is 4.98 Å². The van der Waals surface area contributed by atoms with Crippen LogP contribution in [0.2, 0.25) is 5.02 Å². The second-order valence-electron chi connectivity index (χ2n) is 3.75. The highest BCUT2D eigenvalue weighted by Crippen LogP contribution is 2.18. The molecule has 2 N–H and O–H groups in total. The van der Waals surface area contributed by atoms with Gasteiger partial charge in [0.2, 0.25) is 0 Å². The summed E-state index contributed by atoms with van der Waals surface area (Å²) in [5.74, 6) is -0.564.